The van der Waals surface area contributed by atoms with Crippen molar-refractivity contribution in [1.29, 1.82) is 0 Å². The molecule has 2 aromatic heterocycles. The number of aromatic nitrogens is 2. The van der Waals surface area contributed by atoms with Crippen LogP contribution in [-0.4, -0.2) is 65.7 Å². The Balaban J connectivity index is 1.58. The van der Waals surface area contributed by atoms with Gasteiger partial charge in [0, 0.05) is 37.6 Å². The third kappa shape index (κ3) is 5.10. The van der Waals surface area contributed by atoms with Crippen LogP contribution in [0.3, 0.4) is 0 Å². The molecule has 3 heterocycles. The second kappa shape index (κ2) is 9.41. The SMILES string of the molecule is O=[N+]([O-])c1c(NCCc2cccs2)ncnc1NCCN1CCOCC1. The minimum Gasteiger partial charge on any atom is -0.379 e. The number of hydrogen-bond acceptors (Lipinski definition) is 9. The Kier molecular flexibility index (Phi) is 6.69. The van der Waals surface area contributed by atoms with E-state index in [1.54, 1.807) is 11.3 Å². The molecule has 0 spiro atoms. The number of nitrogens with one attached hydrogen (secondary N) is 2. The first-order chi connectivity index (χ1) is 12.7. The van der Waals surface area contributed by atoms with E-state index in [1.165, 1.54) is 11.2 Å². The molecule has 1 aliphatic rings. The number of hydrogen-bond donors (Lipinski definition) is 2. The highest BCUT2D eigenvalue weighted by atomic mass is 32.1. The summed E-state index contributed by atoms with van der Waals surface area (Å²) in [5, 5.41) is 19.7. The number of nitrogens with zero attached hydrogens (tertiary/aromatic N) is 4. The summed E-state index contributed by atoms with van der Waals surface area (Å²) in [4.78, 5) is 22.7. The minimum atomic E-state index is -0.440. The van der Waals surface area contributed by atoms with E-state index in [0.717, 1.165) is 39.3 Å². The standard InChI is InChI=1S/C16H22N6O3S/c23-22(24)14-15(17-4-3-13-2-1-11-26-13)19-12-20-16(14)18-5-6-21-7-9-25-10-8-21/h1-2,11-12H,3-10H2,(H2,17,18,19,20). The van der Waals surface area contributed by atoms with Crippen molar-refractivity contribution in [2.75, 3.05) is 56.6 Å². The molecule has 0 amide bonds. The van der Waals surface area contributed by atoms with Crippen molar-refractivity contribution in [3.05, 3.63) is 38.8 Å². The van der Waals surface area contributed by atoms with Crippen molar-refractivity contribution in [3.8, 4) is 0 Å². The number of nitro groups is 1. The highest BCUT2D eigenvalue weighted by molar-refractivity contribution is 7.09. The second-order valence-electron chi connectivity index (χ2n) is 5.81. The predicted molar refractivity (Wildman–Crippen MR) is 101 cm³/mol. The maximum Gasteiger partial charge on any atom is 0.353 e. The van der Waals surface area contributed by atoms with Crippen LogP contribution < -0.4 is 10.6 Å². The van der Waals surface area contributed by atoms with Gasteiger partial charge in [-0.2, -0.15) is 0 Å². The molecule has 0 saturated carbocycles. The molecule has 0 unspecified atom stereocenters. The van der Waals surface area contributed by atoms with E-state index in [9.17, 15) is 10.1 Å². The molecule has 26 heavy (non-hydrogen) atoms. The molecule has 0 aliphatic carbocycles. The van der Waals surface area contributed by atoms with Crippen LogP contribution in [0, 0.1) is 10.1 Å². The van der Waals surface area contributed by atoms with E-state index in [0.29, 0.717) is 13.1 Å². The average Bonchev–Trinajstić information content (AvgIpc) is 3.16. The zero-order valence-corrected chi connectivity index (χ0v) is 15.2. The Morgan fingerprint density at radius 3 is 2.62 bits per heavy atom. The van der Waals surface area contributed by atoms with Crippen molar-refractivity contribution in [2.45, 2.75) is 6.42 Å². The van der Waals surface area contributed by atoms with Crippen LogP contribution in [0.4, 0.5) is 17.3 Å². The largest absolute Gasteiger partial charge is 0.379 e. The van der Waals surface area contributed by atoms with Crippen LogP contribution >= 0.6 is 11.3 Å². The Morgan fingerprint density at radius 2 is 1.96 bits per heavy atom. The van der Waals surface area contributed by atoms with Crippen LogP contribution in [0.25, 0.3) is 0 Å². The molecule has 1 fully saturated rings. The van der Waals surface area contributed by atoms with Crippen LogP contribution in [0.15, 0.2) is 23.8 Å². The highest BCUT2D eigenvalue weighted by Gasteiger charge is 2.22. The first-order valence-corrected chi connectivity index (χ1v) is 9.41. The van der Waals surface area contributed by atoms with Gasteiger partial charge in [0.1, 0.15) is 6.33 Å². The van der Waals surface area contributed by atoms with Crippen LogP contribution in [-0.2, 0) is 11.2 Å². The van der Waals surface area contributed by atoms with Gasteiger partial charge in [-0.1, -0.05) is 6.07 Å². The van der Waals surface area contributed by atoms with E-state index in [2.05, 4.69) is 25.5 Å². The molecule has 0 bridgehead atoms. The Hall–Kier alpha value is -2.30. The van der Waals surface area contributed by atoms with Gasteiger partial charge in [-0.3, -0.25) is 15.0 Å². The first-order valence-electron chi connectivity index (χ1n) is 8.53. The summed E-state index contributed by atoms with van der Waals surface area (Å²) in [6.07, 6.45) is 2.14. The molecule has 1 saturated heterocycles. The quantitative estimate of drug-likeness (QED) is 0.503. The number of anilines is 2. The van der Waals surface area contributed by atoms with Crippen molar-refractivity contribution >= 4 is 28.7 Å². The lowest BCUT2D eigenvalue weighted by Gasteiger charge is -2.26. The van der Waals surface area contributed by atoms with Gasteiger partial charge < -0.3 is 15.4 Å². The van der Waals surface area contributed by atoms with Crippen LogP contribution in [0.2, 0.25) is 0 Å². The lowest BCUT2D eigenvalue weighted by molar-refractivity contribution is -0.383. The van der Waals surface area contributed by atoms with E-state index >= 15 is 0 Å². The monoisotopic (exact) mass is 378 g/mol. The van der Waals surface area contributed by atoms with E-state index in [-0.39, 0.29) is 17.3 Å². The Morgan fingerprint density at radius 1 is 1.23 bits per heavy atom. The smallest absolute Gasteiger partial charge is 0.353 e. The van der Waals surface area contributed by atoms with Crippen LogP contribution in [0.1, 0.15) is 4.88 Å². The molecule has 9 nitrogen and oxygen atoms in total. The molecule has 2 N–H and O–H groups in total. The molecule has 10 heteroatoms. The molecule has 0 radical (unpaired) electrons. The predicted octanol–water partition coefficient (Wildman–Crippen LogP) is 1.84. The third-order valence-electron chi connectivity index (χ3n) is 4.07. The molecule has 140 valence electrons. The van der Waals surface area contributed by atoms with Crippen molar-refractivity contribution in [2.24, 2.45) is 0 Å². The van der Waals surface area contributed by atoms with Crippen LogP contribution in [0.5, 0.6) is 0 Å². The fourth-order valence-electron chi connectivity index (χ4n) is 2.73. The molecular weight excluding hydrogens is 356 g/mol. The number of morpholine rings is 1. The summed E-state index contributed by atoms with van der Waals surface area (Å²) in [5.41, 5.74) is -0.111. The summed E-state index contributed by atoms with van der Waals surface area (Å²) in [6, 6.07) is 4.03. The van der Waals surface area contributed by atoms with Gasteiger partial charge in [-0.15, -0.1) is 11.3 Å². The molecule has 2 aromatic rings. The third-order valence-corrected chi connectivity index (χ3v) is 5.01. The van der Waals surface area contributed by atoms with Gasteiger partial charge in [0.2, 0.25) is 11.6 Å². The van der Waals surface area contributed by atoms with E-state index in [4.69, 9.17) is 4.74 Å². The normalized spacial score (nSPS) is 14.9. The number of thiophene rings is 1. The maximum atomic E-state index is 11.5. The number of rotatable bonds is 9. The molecule has 1 aliphatic heterocycles. The summed E-state index contributed by atoms with van der Waals surface area (Å²) < 4.78 is 5.32. The summed E-state index contributed by atoms with van der Waals surface area (Å²) in [7, 11) is 0. The van der Waals surface area contributed by atoms with Crippen molar-refractivity contribution < 1.29 is 9.66 Å². The van der Waals surface area contributed by atoms with E-state index < -0.39 is 4.92 Å². The second-order valence-corrected chi connectivity index (χ2v) is 6.85. The zero-order chi connectivity index (χ0) is 18.2. The lowest BCUT2D eigenvalue weighted by Crippen LogP contribution is -2.39. The van der Waals surface area contributed by atoms with Gasteiger partial charge in [-0.25, -0.2) is 9.97 Å². The van der Waals surface area contributed by atoms with E-state index in [1.807, 2.05) is 17.5 Å². The van der Waals surface area contributed by atoms with Gasteiger partial charge in [0.05, 0.1) is 18.1 Å². The summed E-state index contributed by atoms with van der Waals surface area (Å²) in [6.45, 7) is 5.15. The zero-order valence-electron chi connectivity index (χ0n) is 14.4. The number of ether oxygens (including phenoxy) is 1. The Labute approximate surface area is 155 Å². The Bertz CT molecular complexity index is 706. The first kappa shape index (κ1) is 18.5. The fraction of sp³-hybridized carbons (Fsp3) is 0.500. The molecule has 3 rings (SSSR count). The summed E-state index contributed by atoms with van der Waals surface area (Å²) in [5.74, 6) is 0.493. The molecule has 0 atom stereocenters. The molecule has 0 aromatic carbocycles. The minimum absolute atomic E-state index is 0.111. The van der Waals surface area contributed by atoms with Crippen molar-refractivity contribution in [3.63, 3.8) is 0 Å². The topological polar surface area (TPSA) is 105 Å². The van der Waals surface area contributed by atoms with Gasteiger partial charge in [-0.05, 0) is 17.9 Å². The van der Waals surface area contributed by atoms with Crippen molar-refractivity contribution in [1.82, 2.24) is 14.9 Å². The highest BCUT2D eigenvalue weighted by Crippen LogP contribution is 2.28. The average molecular weight is 378 g/mol. The van der Waals surface area contributed by atoms with Gasteiger partial charge in [0.15, 0.2) is 0 Å². The molecular formula is C16H22N6O3S. The maximum absolute atomic E-state index is 11.5. The lowest BCUT2D eigenvalue weighted by atomic mass is 10.3. The van der Waals surface area contributed by atoms with Gasteiger partial charge in [0.25, 0.3) is 0 Å². The summed E-state index contributed by atoms with van der Waals surface area (Å²) >= 11 is 1.66. The van der Waals surface area contributed by atoms with Gasteiger partial charge >= 0.3 is 5.69 Å². The fourth-order valence-corrected chi connectivity index (χ4v) is 3.44.